The Balaban J connectivity index is 1.43. The molecule has 0 aromatic heterocycles. The van der Waals surface area contributed by atoms with Crippen LogP contribution >= 0.6 is 11.6 Å². The summed E-state index contributed by atoms with van der Waals surface area (Å²) in [5, 5.41) is 0. The summed E-state index contributed by atoms with van der Waals surface area (Å²) < 4.78 is 17.1. The molecule has 0 saturated heterocycles. The van der Waals surface area contributed by atoms with Crippen molar-refractivity contribution in [2.75, 3.05) is 32.7 Å². The third-order valence-corrected chi connectivity index (χ3v) is 6.29. The predicted octanol–water partition coefficient (Wildman–Crippen LogP) is 6.87. The number of likely N-dealkylation sites (N-methyl/N-ethyl adjacent to an activating group) is 1. The van der Waals surface area contributed by atoms with Crippen molar-refractivity contribution in [3.63, 3.8) is 0 Å². The fourth-order valence-electron chi connectivity index (χ4n) is 3.60. The van der Waals surface area contributed by atoms with Crippen LogP contribution in [0.4, 0.5) is 0 Å². The SMILES string of the molecule is CC(C(=O)OCCCCCCCCOc1ccc(OCc2ccccc2)cc1)N(C)CCCCCl. The van der Waals surface area contributed by atoms with Gasteiger partial charge in [-0.2, -0.15) is 0 Å². The molecule has 2 aromatic carbocycles. The Kier molecular flexibility index (Phi) is 15.0. The summed E-state index contributed by atoms with van der Waals surface area (Å²) in [6.45, 7) is 4.56. The van der Waals surface area contributed by atoms with Gasteiger partial charge in [-0.15, -0.1) is 11.6 Å². The highest BCUT2D eigenvalue weighted by atomic mass is 35.5. The third kappa shape index (κ3) is 12.9. The van der Waals surface area contributed by atoms with Crippen LogP contribution in [0.3, 0.4) is 0 Å². The minimum Gasteiger partial charge on any atom is -0.494 e. The van der Waals surface area contributed by atoms with Gasteiger partial charge in [0.05, 0.1) is 13.2 Å². The summed E-state index contributed by atoms with van der Waals surface area (Å²) in [5.74, 6) is 2.25. The second-order valence-electron chi connectivity index (χ2n) is 8.94. The summed E-state index contributed by atoms with van der Waals surface area (Å²) in [4.78, 5) is 14.2. The number of alkyl halides is 1. The molecule has 0 saturated carbocycles. The van der Waals surface area contributed by atoms with Crippen molar-refractivity contribution in [1.29, 1.82) is 0 Å². The molecular weight excluding hydrogens is 462 g/mol. The Morgan fingerprint density at radius 2 is 1.40 bits per heavy atom. The summed E-state index contributed by atoms with van der Waals surface area (Å²) in [6.07, 6.45) is 8.47. The first-order valence-corrected chi connectivity index (χ1v) is 13.5. The van der Waals surface area contributed by atoms with Gasteiger partial charge in [0, 0.05) is 5.88 Å². The largest absolute Gasteiger partial charge is 0.494 e. The second-order valence-corrected chi connectivity index (χ2v) is 9.31. The molecule has 0 aliphatic rings. The lowest BCUT2D eigenvalue weighted by Crippen LogP contribution is -2.38. The van der Waals surface area contributed by atoms with E-state index in [-0.39, 0.29) is 12.0 Å². The van der Waals surface area contributed by atoms with Crippen LogP contribution in [0.15, 0.2) is 54.6 Å². The van der Waals surface area contributed by atoms with Gasteiger partial charge < -0.3 is 14.2 Å². The van der Waals surface area contributed by atoms with E-state index in [2.05, 4.69) is 12.1 Å². The fraction of sp³-hybridized carbons (Fsp3) is 0.552. The van der Waals surface area contributed by atoms with Crippen LogP contribution in [-0.4, -0.2) is 49.6 Å². The van der Waals surface area contributed by atoms with E-state index < -0.39 is 0 Å². The van der Waals surface area contributed by atoms with E-state index in [0.717, 1.165) is 75.2 Å². The van der Waals surface area contributed by atoms with E-state index in [1.54, 1.807) is 0 Å². The highest BCUT2D eigenvalue weighted by molar-refractivity contribution is 6.17. The van der Waals surface area contributed by atoms with Gasteiger partial charge in [-0.3, -0.25) is 9.69 Å². The Labute approximate surface area is 216 Å². The molecule has 35 heavy (non-hydrogen) atoms. The van der Waals surface area contributed by atoms with Crippen LogP contribution in [0.2, 0.25) is 0 Å². The molecule has 0 radical (unpaired) electrons. The molecular formula is C29H42ClNO4. The quantitative estimate of drug-likeness (QED) is 0.119. The number of carbonyl (C=O) groups is 1. The van der Waals surface area contributed by atoms with Gasteiger partial charge in [-0.05, 0) is 76.0 Å². The summed E-state index contributed by atoms with van der Waals surface area (Å²) in [6, 6.07) is 17.8. The molecule has 1 atom stereocenters. The van der Waals surface area contributed by atoms with Crippen LogP contribution in [-0.2, 0) is 16.1 Å². The van der Waals surface area contributed by atoms with E-state index >= 15 is 0 Å². The van der Waals surface area contributed by atoms with Crippen LogP contribution in [0.1, 0.15) is 63.9 Å². The first kappa shape index (κ1) is 29.0. The maximum absolute atomic E-state index is 12.1. The first-order valence-electron chi connectivity index (χ1n) is 12.9. The number of benzene rings is 2. The molecule has 0 heterocycles. The number of ether oxygens (including phenoxy) is 3. The first-order chi connectivity index (χ1) is 17.1. The molecule has 0 aliphatic heterocycles. The smallest absolute Gasteiger partial charge is 0.323 e. The monoisotopic (exact) mass is 503 g/mol. The molecule has 0 bridgehead atoms. The number of unbranched alkanes of at least 4 members (excludes halogenated alkanes) is 6. The maximum atomic E-state index is 12.1. The molecule has 5 nitrogen and oxygen atoms in total. The number of esters is 1. The lowest BCUT2D eigenvalue weighted by molar-refractivity contribution is -0.149. The van der Waals surface area contributed by atoms with E-state index in [1.807, 2.05) is 61.3 Å². The Bertz CT molecular complexity index is 800. The highest BCUT2D eigenvalue weighted by Gasteiger charge is 2.18. The van der Waals surface area contributed by atoms with E-state index in [9.17, 15) is 4.79 Å². The van der Waals surface area contributed by atoms with Crippen LogP contribution in [0, 0.1) is 0 Å². The van der Waals surface area contributed by atoms with Crippen LogP contribution < -0.4 is 9.47 Å². The average molecular weight is 504 g/mol. The number of nitrogens with zero attached hydrogens (tertiary/aromatic N) is 1. The van der Waals surface area contributed by atoms with E-state index in [1.165, 1.54) is 6.42 Å². The molecule has 194 valence electrons. The summed E-state index contributed by atoms with van der Waals surface area (Å²) in [7, 11) is 1.96. The Morgan fingerprint density at radius 3 is 2.06 bits per heavy atom. The van der Waals surface area contributed by atoms with Crippen molar-refractivity contribution in [1.82, 2.24) is 4.90 Å². The predicted molar refractivity (Wildman–Crippen MR) is 143 cm³/mol. The molecule has 2 rings (SSSR count). The standard InChI is InChI=1S/C29H42ClNO4/c1-25(31(2)21-11-10-20-30)29(32)34-23-13-6-4-3-5-12-22-33-27-16-18-28(19-17-27)35-24-26-14-8-7-9-15-26/h7-9,14-19,25H,3-6,10-13,20-24H2,1-2H3. The number of carbonyl (C=O) groups excluding carboxylic acids is 1. The van der Waals surface area contributed by atoms with Crippen molar-refractivity contribution < 1.29 is 19.0 Å². The minimum absolute atomic E-state index is 0.133. The minimum atomic E-state index is -0.205. The van der Waals surface area contributed by atoms with Crippen LogP contribution in [0.5, 0.6) is 11.5 Å². The second kappa shape index (κ2) is 18.1. The molecule has 0 fully saturated rings. The summed E-state index contributed by atoms with van der Waals surface area (Å²) in [5.41, 5.74) is 1.15. The van der Waals surface area contributed by atoms with Gasteiger partial charge >= 0.3 is 5.97 Å². The Hall–Kier alpha value is -2.24. The number of hydrogen-bond acceptors (Lipinski definition) is 5. The lowest BCUT2D eigenvalue weighted by Gasteiger charge is -2.22. The topological polar surface area (TPSA) is 48.0 Å². The zero-order valence-corrected chi connectivity index (χ0v) is 22.2. The molecule has 1 unspecified atom stereocenters. The van der Waals surface area contributed by atoms with Gasteiger partial charge in [0.25, 0.3) is 0 Å². The molecule has 0 amide bonds. The summed E-state index contributed by atoms with van der Waals surface area (Å²) >= 11 is 5.71. The zero-order chi connectivity index (χ0) is 25.1. The highest BCUT2D eigenvalue weighted by Crippen LogP contribution is 2.19. The number of rotatable bonds is 19. The lowest BCUT2D eigenvalue weighted by atomic mass is 10.1. The number of halogens is 1. The van der Waals surface area contributed by atoms with Gasteiger partial charge in [0.15, 0.2) is 0 Å². The molecule has 0 N–H and O–H groups in total. The number of hydrogen-bond donors (Lipinski definition) is 0. The third-order valence-electron chi connectivity index (χ3n) is 6.02. The Morgan fingerprint density at radius 1 is 0.800 bits per heavy atom. The fourth-order valence-corrected chi connectivity index (χ4v) is 3.79. The molecule has 0 aliphatic carbocycles. The zero-order valence-electron chi connectivity index (χ0n) is 21.4. The molecule has 0 spiro atoms. The average Bonchev–Trinajstić information content (AvgIpc) is 2.89. The molecule has 6 heteroatoms. The normalized spacial score (nSPS) is 11.9. The van der Waals surface area contributed by atoms with Gasteiger partial charge in [-0.1, -0.05) is 56.0 Å². The van der Waals surface area contributed by atoms with Crippen molar-refractivity contribution >= 4 is 17.6 Å². The van der Waals surface area contributed by atoms with Crippen molar-refractivity contribution in [3.05, 3.63) is 60.2 Å². The van der Waals surface area contributed by atoms with Gasteiger partial charge in [0.2, 0.25) is 0 Å². The maximum Gasteiger partial charge on any atom is 0.323 e. The van der Waals surface area contributed by atoms with Crippen molar-refractivity contribution in [2.24, 2.45) is 0 Å². The van der Waals surface area contributed by atoms with Gasteiger partial charge in [-0.25, -0.2) is 0 Å². The van der Waals surface area contributed by atoms with Crippen molar-refractivity contribution in [2.45, 2.75) is 70.9 Å². The van der Waals surface area contributed by atoms with Crippen molar-refractivity contribution in [3.8, 4) is 11.5 Å². The van der Waals surface area contributed by atoms with Crippen LogP contribution in [0.25, 0.3) is 0 Å². The van der Waals surface area contributed by atoms with Gasteiger partial charge in [0.1, 0.15) is 24.1 Å². The van der Waals surface area contributed by atoms with E-state index in [0.29, 0.717) is 19.1 Å². The van der Waals surface area contributed by atoms with E-state index in [4.69, 9.17) is 25.8 Å². The molecule has 2 aromatic rings.